The first-order chi connectivity index (χ1) is 10.9. The Balaban J connectivity index is 0.00000288. The van der Waals surface area contributed by atoms with Crippen molar-refractivity contribution in [2.45, 2.75) is 71.6 Å². The highest BCUT2D eigenvalue weighted by Crippen LogP contribution is 2.25. The van der Waals surface area contributed by atoms with E-state index in [1.165, 1.54) is 5.56 Å². The summed E-state index contributed by atoms with van der Waals surface area (Å²) in [5.74, 6) is 1.22. The molecule has 2 rings (SSSR count). The average Bonchev–Trinajstić information content (AvgIpc) is 2.49. The van der Waals surface area contributed by atoms with Gasteiger partial charge in [-0.15, -0.1) is 12.4 Å². The van der Waals surface area contributed by atoms with Gasteiger partial charge in [0.2, 0.25) is 0 Å². The van der Waals surface area contributed by atoms with Crippen molar-refractivity contribution in [1.29, 1.82) is 0 Å². The van der Waals surface area contributed by atoms with E-state index in [1.807, 2.05) is 13.8 Å². The Labute approximate surface area is 152 Å². The van der Waals surface area contributed by atoms with Gasteiger partial charge in [0, 0.05) is 12.1 Å². The Bertz CT molecular complexity index is 548. The summed E-state index contributed by atoms with van der Waals surface area (Å²) in [5, 5.41) is 6.52. The van der Waals surface area contributed by atoms with Crippen molar-refractivity contribution in [2.75, 3.05) is 6.54 Å². The largest absolute Gasteiger partial charge is 0.481 e. The number of halogens is 1. The second kappa shape index (κ2) is 9.28. The molecule has 1 aromatic rings. The van der Waals surface area contributed by atoms with Crippen LogP contribution in [0.25, 0.3) is 0 Å². The lowest BCUT2D eigenvalue weighted by Gasteiger charge is -2.29. The number of hydrogen-bond donors (Lipinski definition) is 2. The monoisotopic (exact) mass is 354 g/mol. The van der Waals surface area contributed by atoms with Crippen LogP contribution in [0.5, 0.6) is 5.75 Å². The fraction of sp³-hybridized carbons (Fsp3) is 0.632. The highest BCUT2D eigenvalue weighted by Gasteiger charge is 2.23. The van der Waals surface area contributed by atoms with E-state index in [0.29, 0.717) is 12.0 Å². The molecule has 0 radical (unpaired) electrons. The van der Waals surface area contributed by atoms with Gasteiger partial charge in [-0.05, 0) is 63.3 Å². The highest BCUT2D eigenvalue weighted by molar-refractivity contribution is 5.85. The van der Waals surface area contributed by atoms with Gasteiger partial charge in [-0.3, -0.25) is 4.79 Å². The molecular weight excluding hydrogens is 324 g/mol. The maximum absolute atomic E-state index is 12.4. The summed E-state index contributed by atoms with van der Waals surface area (Å²) in [6, 6.07) is 6.93. The average molecular weight is 355 g/mol. The van der Waals surface area contributed by atoms with Crippen molar-refractivity contribution >= 4 is 18.3 Å². The molecule has 3 atom stereocenters. The van der Waals surface area contributed by atoms with Gasteiger partial charge >= 0.3 is 0 Å². The van der Waals surface area contributed by atoms with E-state index >= 15 is 0 Å². The zero-order valence-corrected chi connectivity index (χ0v) is 16.2. The first kappa shape index (κ1) is 20.8. The molecule has 1 amide bonds. The van der Waals surface area contributed by atoms with Crippen molar-refractivity contribution in [1.82, 2.24) is 10.6 Å². The number of nitrogens with one attached hydrogen (secondary N) is 2. The molecule has 0 aromatic heterocycles. The quantitative estimate of drug-likeness (QED) is 0.850. The molecule has 0 saturated carbocycles. The van der Waals surface area contributed by atoms with E-state index in [4.69, 9.17) is 4.74 Å². The first-order valence-corrected chi connectivity index (χ1v) is 8.67. The summed E-state index contributed by atoms with van der Waals surface area (Å²) in [6.45, 7) is 11.3. The number of piperidine rings is 1. The molecule has 24 heavy (non-hydrogen) atoms. The molecule has 1 aromatic carbocycles. The number of hydrogen-bond acceptors (Lipinski definition) is 3. The van der Waals surface area contributed by atoms with Gasteiger partial charge in [0.25, 0.3) is 5.91 Å². The van der Waals surface area contributed by atoms with E-state index in [-0.39, 0.29) is 24.4 Å². The Morgan fingerprint density at radius 2 is 2.04 bits per heavy atom. The lowest BCUT2D eigenvalue weighted by Crippen LogP contribution is -2.49. The smallest absolute Gasteiger partial charge is 0.260 e. The Morgan fingerprint density at radius 3 is 2.67 bits per heavy atom. The SMILES string of the molecule is Cc1ccc(C(C)C)cc1OC(C)C(=O)NC1CCNC(C)C1.Cl. The molecule has 136 valence electrons. The Morgan fingerprint density at radius 1 is 1.33 bits per heavy atom. The Hall–Kier alpha value is -1.26. The van der Waals surface area contributed by atoms with E-state index in [2.05, 4.69) is 49.6 Å². The minimum atomic E-state index is -0.485. The van der Waals surface area contributed by atoms with E-state index < -0.39 is 6.10 Å². The van der Waals surface area contributed by atoms with Crippen LogP contribution < -0.4 is 15.4 Å². The minimum absolute atomic E-state index is 0. The van der Waals surface area contributed by atoms with Gasteiger partial charge in [-0.1, -0.05) is 26.0 Å². The van der Waals surface area contributed by atoms with Crippen LogP contribution in [0.3, 0.4) is 0 Å². The highest BCUT2D eigenvalue weighted by atomic mass is 35.5. The summed E-state index contributed by atoms with van der Waals surface area (Å²) >= 11 is 0. The number of ether oxygens (including phenoxy) is 1. The van der Waals surface area contributed by atoms with E-state index in [9.17, 15) is 4.79 Å². The lowest BCUT2D eigenvalue weighted by atomic mass is 10.0. The maximum atomic E-state index is 12.4. The van der Waals surface area contributed by atoms with Crippen molar-refractivity contribution in [3.63, 3.8) is 0 Å². The number of carbonyl (C=O) groups is 1. The topological polar surface area (TPSA) is 50.4 Å². The maximum Gasteiger partial charge on any atom is 0.260 e. The third kappa shape index (κ3) is 5.67. The zero-order chi connectivity index (χ0) is 17.0. The fourth-order valence-corrected chi connectivity index (χ4v) is 2.93. The summed E-state index contributed by atoms with van der Waals surface area (Å²) in [5.41, 5.74) is 2.29. The number of rotatable bonds is 5. The van der Waals surface area contributed by atoms with Gasteiger partial charge in [-0.25, -0.2) is 0 Å². The third-order valence-electron chi connectivity index (χ3n) is 4.52. The molecule has 2 N–H and O–H groups in total. The minimum Gasteiger partial charge on any atom is -0.481 e. The van der Waals surface area contributed by atoms with Crippen molar-refractivity contribution in [3.8, 4) is 5.75 Å². The van der Waals surface area contributed by atoms with Crippen LogP contribution in [0.4, 0.5) is 0 Å². The second-order valence-corrected chi connectivity index (χ2v) is 7.02. The van der Waals surface area contributed by atoms with Crippen LogP contribution in [0.1, 0.15) is 57.6 Å². The van der Waals surface area contributed by atoms with Crippen LogP contribution in [0.2, 0.25) is 0 Å². The summed E-state index contributed by atoms with van der Waals surface area (Å²) in [4.78, 5) is 12.4. The Kier molecular flexibility index (Phi) is 8.04. The molecule has 0 bridgehead atoms. The van der Waals surface area contributed by atoms with Gasteiger partial charge in [0.1, 0.15) is 5.75 Å². The lowest BCUT2D eigenvalue weighted by molar-refractivity contribution is -0.128. The van der Waals surface area contributed by atoms with Crippen molar-refractivity contribution < 1.29 is 9.53 Å². The standard InChI is InChI=1S/C19H30N2O2.ClH/c1-12(2)16-7-6-13(3)18(11-16)23-15(5)19(22)21-17-8-9-20-14(4)10-17;/h6-7,11-12,14-15,17,20H,8-10H2,1-5H3,(H,21,22);1H. The fourth-order valence-electron chi connectivity index (χ4n) is 2.93. The molecule has 1 aliphatic rings. The molecule has 1 aliphatic heterocycles. The molecule has 0 spiro atoms. The normalized spacial score (nSPS) is 21.8. The van der Waals surface area contributed by atoms with E-state index in [1.54, 1.807) is 0 Å². The molecular formula is C19H31ClN2O2. The van der Waals surface area contributed by atoms with Crippen LogP contribution >= 0.6 is 12.4 Å². The van der Waals surface area contributed by atoms with Crippen LogP contribution in [0.15, 0.2) is 18.2 Å². The predicted molar refractivity (Wildman–Crippen MR) is 101 cm³/mol. The number of carbonyl (C=O) groups excluding carboxylic acids is 1. The molecule has 1 heterocycles. The van der Waals surface area contributed by atoms with Crippen LogP contribution in [-0.4, -0.2) is 30.6 Å². The van der Waals surface area contributed by atoms with Gasteiger partial charge in [0.05, 0.1) is 0 Å². The van der Waals surface area contributed by atoms with Crippen molar-refractivity contribution in [3.05, 3.63) is 29.3 Å². The van der Waals surface area contributed by atoms with Crippen LogP contribution in [-0.2, 0) is 4.79 Å². The van der Waals surface area contributed by atoms with Gasteiger partial charge in [0.15, 0.2) is 6.10 Å². The molecule has 1 fully saturated rings. The summed E-state index contributed by atoms with van der Waals surface area (Å²) in [7, 11) is 0. The van der Waals surface area contributed by atoms with Gasteiger partial charge in [-0.2, -0.15) is 0 Å². The van der Waals surface area contributed by atoms with Crippen LogP contribution in [0, 0.1) is 6.92 Å². The number of benzene rings is 1. The molecule has 0 aliphatic carbocycles. The number of aryl methyl sites for hydroxylation is 1. The molecule has 3 unspecified atom stereocenters. The third-order valence-corrected chi connectivity index (χ3v) is 4.52. The zero-order valence-electron chi connectivity index (χ0n) is 15.4. The summed E-state index contributed by atoms with van der Waals surface area (Å²) in [6.07, 6.45) is 1.46. The van der Waals surface area contributed by atoms with Gasteiger partial charge < -0.3 is 15.4 Å². The first-order valence-electron chi connectivity index (χ1n) is 8.67. The number of amides is 1. The summed E-state index contributed by atoms with van der Waals surface area (Å²) < 4.78 is 5.94. The molecule has 4 nitrogen and oxygen atoms in total. The molecule has 5 heteroatoms. The second-order valence-electron chi connectivity index (χ2n) is 7.02. The molecule has 1 saturated heterocycles. The predicted octanol–water partition coefficient (Wildman–Crippen LogP) is 3.56. The van der Waals surface area contributed by atoms with E-state index in [0.717, 1.165) is 30.7 Å². The van der Waals surface area contributed by atoms with Crippen molar-refractivity contribution in [2.24, 2.45) is 0 Å².